The van der Waals surface area contributed by atoms with Crippen LogP contribution in [0.15, 0.2) is 76.2 Å². The highest BCUT2D eigenvalue weighted by Gasteiger charge is 2.40. The number of nitrogens with zero attached hydrogens (tertiary/aromatic N) is 2. The van der Waals surface area contributed by atoms with E-state index in [-0.39, 0.29) is 42.7 Å². The van der Waals surface area contributed by atoms with E-state index in [4.69, 9.17) is 16.0 Å². The first-order chi connectivity index (χ1) is 17.2. The smallest absolute Gasteiger partial charge is 0.288 e. The van der Waals surface area contributed by atoms with Crippen LogP contribution in [0.5, 0.6) is 0 Å². The van der Waals surface area contributed by atoms with Gasteiger partial charge in [-0.3, -0.25) is 14.4 Å². The van der Waals surface area contributed by atoms with E-state index < -0.39 is 32.8 Å². The zero-order chi connectivity index (χ0) is 25.9. The number of hydrogen-bond acceptors (Lipinski definition) is 6. The highest BCUT2D eigenvalue weighted by molar-refractivity contribution is 7.92. The summed E-state index contributed by atoms with van der Waals surface area (Å²) in [5, 5.41) is 0.644. The first-order valence-electron chi connectivity index (χ1n) is 10.8. The van der Waals surface area contributed by atoms with E-state index in [1.165, 1.54) is 76.7 Å². The van der Waals surface area contributed by atoms with Gasteiger partial charge in [0, 0.05) is 36.8 Å². The van der Waals surface area contributed by atoms with E-state index >= 15 is 0 Å². The number of carbonyl (C=O) groups is 3. The number of carbonyl (C=O) groups excluding carboxylic acids is 3. The van der Waals surface area contributed by atoms with Gasteiger partial charge in [-0.05, 0) is 60.7 Å². The van der Waals surface area contributed by atoms with Crippen molar-refractivity contribution in [2.45, 2.75) is 10.3 Å². The van der Waals surface area contributed by atoms with Crippen molar-refractivity contribution in [1.29, 1.82) is 0 Å². The topological polar surface area (TPSA) is 117 Å². The molecule has 0 unspecified atom stereocenters. The van der Waals surface area contributed by atoms with Crippen molar-refractivity contribution in [3.05, 3.63) is 89.1 Å². The molecule has 1 saturated heterocycles. The van der Waals surface area contributed by atoms with Crippen molar-refractivity contribution in [3.8, 4) is 0 Å². The number of rotatable bonds is 6. The molecule has 1 fully saturated rings. The number of sulfone groups is 1. The minimum Gasteiger partial charge on any atom is -0.459 e. The van der Waals surface area contributed by atoms with Crippen molar-refractivity contribution in [1.82, 2.24) is 15.1 Å². The van der Waals surface area contributed by atoms with Crippen molar-refractivity contribution >= 4 is 39.2 Å². The summed E-state index contributed by atoms with van der Waals surface area (Å²) in [6.45, 7) is 0.327. The van der Waals surface area contributed by atoms with E-state index in [2.05, 4.69) is 5.32 Å². The Labute approximate surface area is 211 Å². The van der Waals surface area contributed by atoms with Crippen LogP contribution in [0.25, 0.3) is 0 Å². The Hall–Kier alpha value is -3.70. The molecule has 1 atom stereocenters. The average molecular weight is 534 g/mol. The van der Waals surface area contributed by atoms with Gasteiger partial charge in [0.2, 0.25) is 15.2 Å². The predicted octanol–water partition coefficient (Wildman–Crippen LogP) is 2.59. The van der Waals surface area contributed by atoms with E-state index in [0.29, 0.717) is 10.6 Å². The summed E-state index contributed by atoms with van der Waals surface area (Å²) in [7, 11) is -4.37. The molecule has 1 aromatic heterocycles. The summed E-state index contributed by atoms with van der Waals surface area (Å²) in [5.41, 5.74) is 0.296. The summed E-state index contributed by atoms with van der Waals surface area (Å²) in [6.07, 6.45) is 1.25. The molecule has 1 N–H and O–H groups in total. The van der Waals surface area contributed by atoms with Crippen molar-refractivity contribution in [2.75, 3.05) is 26.2 Å². The zero-order valence-corrected chi connectivity index (χ0v) is 20.3. The molecule has 36 heavy (non-hydrogen) atoms. The third-order valence-electron chi connectivity index (χ3n) is 5.65. The lowest BCUT2D eigenvalue weighted by molar-refractivity contribution is -0.132. The van der Waals surface area contributed by atoms with Gasteiger partial charge in [-0.2, -0.15) is 0 Å². The lowest BCUT2D eigenvalue weighted by atomic mass is 10.1. The van der Waals surface area contributed by atoms with Gasteiger partial charge >= 0.3 is 0 Å². The van der Waals surface area contributed by atoms with Crippen LogP contribution in [0, 0.1) is 5.82 Å². The van der Waals surface area contributed by atoms with Gasteiger partial charge in [0.15, 0.2) is 5.76 Å². The standard InChI is InChI=1S/C24H21ClFN3O6S/c25-17-5-9-19(10-6-17)36(33,34)22(27-21(30)20-2-1-15-35-20)24(32)29-13-11-28(12-14-29)23(31)16-3-7-18(26)8-4-16/h1-10,15,22H,11-14H2,(H,27,30)/t22-/m1/s1. The Kier molecular flexibility index (Phi) is 7.41. The third-order valence-corrected chi connectivity index (χ3v) is 7.77. The Bertz CT molecular complexity index is 1350. The summed E-state index contributed by atoms with van der Waals surface area (Å²) in [6, 6.07) is 13.1. The molecule has 188 valence electrons. The minimum atomic E-state index is -4.37. The fourth-order valence-electron chi connectivity index (χ4n) is 3.70. The summed E-state index contributed by atoms with van der Waals surface area (Å²) in [5.74, 6) is -2.68. The average Bonchev–Trinajstić information content (AvgIpc) is 3.42. The molecule has 0 spiro atoms. The molecule has 1 aliphatic heterocycles. The highest BCUT2D eigenvalue weighted by Crippen LogP contribution is 2.21. The fourth-order valence-corrected chi connectivity index (χ4v) is 5.29. The predicted molar refractivity (Wildman–Crippen MR) is 127 cm³/mol. The third kappa shape index (κ3) is 5.42. The molecule has 4 rings (SSSR count). The maximum Gasteiger partial charge on any atom is 0.288 e. The van der Waals surface area contributed by atoms with Crippen molar-refractivity contribution < 1.29 is 31.6 Å². The van der Waals surface area contributed by atoms with Crippen molar-refractivity contribution in [2.24, 2.45) is 0 Å². The van der Waals surface area contributed by atoms with Crippen LogP contribution in [0.2, 0.25) is 5.02 Å². The van der Waals surface area contributed by atoms with Crippen LogP contribution in [-0.4, -0.2) is 67.5 Å². The van der Waals surface area contributed by atoms with Crippen LogP contribution in [0.3, 0.4) is 0 Å². The fraction of sp³-hybridized carbons (Fsp3) is 0.208. The molecule has 3 aromatic rings. The molecule has 3 amide bonds. The molecular weight excluding hydrogens is 513 g/mol. The maximum absolute atomic E-state index is 13.4. The summed E-state index contributed by atoms with van der Waals surface area (Å²) < 4.78 is 45.0. The zero-order valence-electron chi connectivity index (χ0n) is 18.8. The maximum atomic E-state index is 13.4. The number of hydrogen-bond donors (Lipinski definition) is 1. The molecule has 1 aliphatic rings. The van der Waals surface area contributed by atoms with Gasteiger partial charge in [-0.25, -0.2) is 12.8 Å². The van der Waals surface area contributed by atoms with Crippen LogP contribution in [0.1, 0.15) is 20.9 Å². The quantitative estimate of drug-likeness (QED) is 0.520. The Balaban J connectivity index is 1.53. The number of benzene rings is 2. The molecule has 0 aliphatic carbocycles. The van der Waals surface area contributed by atoms with Gasteiger partial charge in [-0.1, -0.05) is 11.6 Å². The molecule has 2 heterocycles. The van der Waals surface area contributed by atoms with Crippen molar-refractivity contribution in [3.63, 3.8) is 0 Å². The number of amides is 3. The minimum absolute atomic E-state index is 0.0367. The van der Waals surface area contributed by atoms with E-state index in [1.54, 1.807) is 0 Å². The Morgan fingerprint density at radius 3 is 2.11 bits per heavy atom. The SMILES string of the molecule is O=C(N[C@@H](C(=O)N1CCN(C(=O)c2ccc(F)cc2)CC1)S(=O)(=O)c1ccc(Cl)cc1)c1ccco1. The Morgan fingerprint density at radius 1 is 0.917 bits per heavy atom. The molecule has 0 radical (unpaired) electrons. The van der Waals surface area contributed by atoms with Crippen LogP contribution < -0.4 is 5.32 Å². The van der Waals surface area contributed by atoms with Crippen LogP contribution in [-0.2, 0) is 14.6 Å². The normalized spacial score (nSPS) is 14.8. The molecule has 0 saturated carbocycles. The van der Waals surface area contributed by atoms with Crippen LogP contribution >= 0.6 is 11.6 Å². The largest absolute Gasteiger partial charge is 0.459 e. The van der Waals surface area contributed by atoms with Gasteiger partial charge < -0.3 is 19.5 Å². The first-order valence-corrected chi connectivity index (χ1v) is 12.8. The van der Waals surface area contributed by atoms with Gasteiger partial charge in [0.1, 0.15) is 5.82 Å². The number of halogens is 2. The number of piperazine rings is 1. The lowest BCUT2D eigenvalue weighted by Gasteiger charge is -2.36. The molecule has 0 bridgehead atoms. The van der Waals surface area contributed by atoms with E-state index in [1.807, 2.05) is 0 Å². The second-order valence-corrected chi connectivity index (χ2v) is 10.4. The summed E-state index contributed by atoms with van der Waals surface area (Å²) >= 11 is 5.87. The summed E-state index contributed by atoms with van der Waals surface area (Å²) in [4.78, 5) is 41.3. The number of furan rings is 1. The highest BCUT2D eigenvalue weighted by atomic mass is 35.5. The second kappa shape index (κ2) is 10.5. The first kappa shape index (κ1) is 25.4. The van der Waals surface area contributed by atoms with Crippen LogP contribution in [0.4, 0.5) is 4.39 Å². The van der Waals surface area contributed by atoms with Gasteiger partial charge in [-0.15, -0.1) is 0 Å². The van der Waals surface area contributed by atoms with E-state index in [9.17, 15) is 27.2 Å². The lowest BCUT2D eigenvalue weighted by Crippen LogP contribution is -2.57. The van der Waals surface area contributed by atoms with Gasteiger partial charge in [0.05, 0.1) is 11.2 Å². The number of nitrogens with one attached hydrogen (secondary N) is 1. The van der Waals surface area contributed by atoms with E-state index in [0.717, 1.165) is 0 Å². The molecule has 2 aromatic carbocycles. The van der Waals surface area contributed by atoms with Gasteiger partial charge in [0.25, 0.3) is 17.7 Å². The Morgan fingerprint density at radius 2 is 1.53 bits per heavy atom. The second-order valence-electron chi connectivity index (χ2n) is 7.95. The molecule has 9 nitrogen and oxygen atoms in total. The molecule has 12 heteroatoms. The molecular formula is C24H21ClFN3O6S. The monoisotopic (exact) mass is 533 g/mol.